The quantitative estimate of drug-likeness (QED) is 0.866. The Kier molecular flexibility index (Phi) is 4.45. The van der Waals surface area contributed by atoms with Gasteiger partial charge < -0.3 is 14.5 Å². The maximum absolute atomic E-state index is 13.8. The van der Waals surface area contributed by atoms with E-state index in [-0.39, 0.29) is 17.5 Å². The number of fused-ring (bicyclic) bond motifs is 1. The van der Waals surface area contributed by atoms with Crippen LogP contribution in [0, 0.1) is 5.82 Å². The highest BCUT2D eigenvalue weighted by molar-refractivity contribution is 5.78. The molecule has 20 heavy (non-hydrogen) atoms. The van der Waals surface area contributed by atoms with Crippen molar-refractivity contribution in [2.75, 3.05) is 14.2 Å². The lowest BCUT2D eigenvalue weighted by Gasteiger charge is -2.37. The third kappa shape index (κ3) is 2.34. The van der Waals surface area contributed by atoms with Crippen molar-refractivity contribution >= 4 is 11.0 Å². The Bertz CT molecular complexity index is 567. The average Bonchev–Trinajstić information content (AvgIpc) is 2.90. The van der Waals surface area contributed by atoms with E-state index in [0.717, 1.165) is 18.2 Å². The normalized spacial score (nSPS) is 13.8. The van der Waals surface area contributed by atoms with Crippen LogP contribution in [0.5, 0.6) is 0 Å². The van der Waals surface area contributed by atoms with Crippen molar-refractivity contribution in [1.82, 2.24) is 5.32 Å². The monoisotopic (exact) mass is 279 g/mol. The van der Waals surface area contributed by atoms with Crippen molar-refractivity contribution in [2.45, 2.75) is 38.3 Å². The van der Waals surface area contributed by atoms with Crippen LogP contribution in [0.15, 0.2) is 28.7 Å². The molecule has 0 bridgehead atoms. The molecule has 0 aliphatic heterocycles. The zero-order valence-electron chi connectivity index (χ0n) is 12.5. The summed E-state index contributed by atoms with van der Waals surface area (Å²) in [5.74, 6) is 0.373. The summed E-state index contributed by atoms with van der Waals surface area (Å²) in [5, 5.41) is 4.03. The minimum absolute atomic E-state index is 0.116. The first kappa shape index (κ1) is 15.0. The number of nitrogens with one attached hydrogen (secondary N) is 1. The van der Waals surface area contributed by atoms with Gasteiger partial charge in [-0.15, -0.1) is 0 Å². The maximum Gasteiger partial charge on any atom is 0.169 e. The fraction of sp³-hybridized carbons (Fsp3) is 0.500. The van der Waals surface area contributed by atoms with Gasteiger partial charge in [-0.1, -0.05) is 26.0 Å². The van der Waals surface area contributed by atoms with E-state index in [1.807, 2.05) is 19.2 Å². The number of hydrogen-bond donors (Lipinski definition) is 1. The molecule has 4 heteroatoms. The molecule has 2 aromatic rings. The van der Waals surface area contributed by atoms with Gasteiger partial charge in [-0.05, 0) is 32.0 Å². The minimum Gasteiger partial charge on any atom is -0.456 e. The second-order valence-corrected chi connectivity index (χ2v) is 5.00. The first-order valence-corrected chi connectivity index (χ1v) is 7.02. The molecule has 0 saturated heterocycles. The van der Waals surface area contributed by atoms with Gasteiger partial charge in [0.15, 0.2) is 11.4 Å². The first-order valence-electron chi connectivity index (χ1n) is 7.02. The highest BCUT2D eigenvalue weighted by Crippen LogP contribution is 2.37. The van der Waals surface area contributed by atoms with Gasteiger partial charge in [0.1, 0.15) is 5.76 Å². The minimum atomic E-state index is -0.362. The number of likely N-dealkylation sites (N-methyl/N-ethyl adjacent to an activating group) is 1. The summed E-state index contributed by atoms with van der Waals surface area (Å²) in [4.78, 5) is 0. The summed E-state index contributed by atoms with van der Waals surface area (Å²) < 4.78 is 25.3. The number of para-hydroxylation sites is 1. The Morgan fingerprint density at radius 1 is 1.35 bits per heavy atom. The predicted octanol–water partition coefficient (Wildman–Crippen LogP) is 4.04. The van der Waals surface area contributed by atoms with Crippen molar-refractivity contribution in [3.8, 4) is 0 Å². The van der Waals surface area contributed by atoms with Gasteiger partial charge in [0.05, 0.1) is 11.6 Å². The summed E-state index contributed by atoms with van der Waals surface area (Å²) in [6.45, 7) is 4.17. The van der Waals surface area contributed by atoms with Crippen molar-refractivity contribution in [1.29, 1.82) is 0 Å². The van der Waals surface area contributed by atoms with Crippen LogP contribution in [0.2, 0.25) is 0 Å². The average molecular weight is 279 g/mol. The molecule has 1 heterocycles. The van der Waals surface area contributed by atoms with E-state index in [2.05, 4.69) is 19.2 Å². The number of ether oxygens (including phenoxy) is 1. The van der Waals surface area contributed by atoms with Gasteiger partial charge >= 0.3 is 0 Å². The van der Waals surface area contributed by atoms with E-state index in [9.17, 15) is 4.39 Å². The molecule has 0 aliphatic rings. The van der Waals surface area contributed by atoms with Gasteiger partial charge in [-0.2, -0.15) is 0 Å². The standard InChI is InChI=1S/C16H22FNO2/c1-5-16(6-2,19-4)15(18-3)13-10-11-8-7-9-12(17)14(11)20-13/h7-10,15,18H,5-6H2,1-4H3. The summed E-state index contributed by atoms with van der Waals surface area (Å²) in [6, 6.07) is 6.72. The second kappa shape index (κ2) is 5.94. The molecule has 0 radical (unpaired) electrons. The Morgan fingerprint density at radius 2 is 2.05 bits per heavy atom. The molecule has 3 nitrogen and oxygen atoms in total. The Morgan fingerprint density at radius 3 is 2.55 bits per heavy atom. The number of rotatable bonds is 6. The molecule has 110 valence electrons. The molecule has 1 N–H and O–H groups in total. The molecule has 1 aromatic heterocycles. The lowest BCUT2D eigenvalue weighted by molar-refractivity contribution is -0.0514. The van der Waals surface area contributed by atoms with E-state index in [0.29, 0.717) is 11.3 Å². The van der Waals surface area contributed by atoms with Gasteiger partial charge in [0.2, 0.25) is 0 Å². The predicted molar refractivity (Wildman–Crippen MR) is 78.3 cm³/mol. The van der Waals surface area contributed by atoms with Gasteiger partial charge in [-0.25, -0.2) is 4.39 Å². The Balaban J connectivity index is 2.51. The fourth-order valence-electron chi connectivity index (χ4n) is 2.92. The molecule has 0 aliphatic carbocycles. The first-order chi connectivity index (χ1) is 9.61. The van der Waals surface area contributed by atoms with Crippen LogP contribution < -0.4 is 5.32 Å². The van der Waals surface area contributed by atoms with Gasteiger partial charge in [0, 0.05) is 12.5 Å². The molecule has 0 amide bonds. The topological polar surface area (TPSA) is 34.4 Å². The molecule has 1 aromatic carbocycles. The van der Waals surface area contributed by atoms with Crippen LogP contribution in [0.1, 0.15) is 38.5 Å². The zero-order chi connectivity index (χ0) is 14.8. The summed E-state index contributed by atoms with van der Waals surface area (Å²) in [6.07, 6.45) is 1.68. The van der Waals surface area contributed by atoms with Crippen molar-refractivity contribution < 1.29 is 13.5 Å². The molecule has 0 saturated carbocycles. The fourth-order valence-corrected chi connectivity index (χ4v) is 2.92. The maximum atomic E-state index is 13.8. The van der Waals surface area contributed by atoms with Crippen LogP contribution in [0.3, 0.4) is 0 Å². The third-order valence-corrected chi connectivity index (χ3v) is 4.22. The Hall–Kier alpha value is -1.39. The molecule has 0 fully saturated rings. The lowest BCUT2D eigenvalue weighted by Crippen LogP contribution is -2.43. The zero-order valence-corrected chi connectivity index (χ0v) is 12.5. The molecule has 1 atom stereocenters. The molecule has 0 spiro atoms. The number of hydrogen-bond acceptors (Lipinski definition) is 3. The molecular formula is C16H22FNO2. The number of methoxy groups -OCH3 is 1. The van der Waals surface area contributed by atoms with E-state index < -0.39 is 0 Å². The van der Waals surface area contributed by atoms with Crippen molar-refractivity contribution in [3.63, 3.8) is 0 Å². The molecule has 2 rings (SSSR count). The van der Waals surface area contributed by atoms with Crippen LogP contribution in [-0.4, -0.2) is 19.8 Å². The van der Waals surface area contributed by atoms with E-state index in [1.165, 1.54) is 6.07 Å². The van der Waals surface area contributed by atoms with Crippen molar-refractivity contribution in [2.24, 2.45) is 0 Å². The van der Waals surface area contributed by atoms with Gasteiger partial charge in [-0.3, -0.25) is 0 Å². The van der Waals surface area contributed by atoms with Gasteiger partial charge in [0.25, 0.3) is 0 Å². The second-order valence-electron chi connectivity index (χ2n) is 5.00. The van der Waals surface area contributed by atoms with E-state index in [4.69, 9.17) is 9.15 Å². The third-order valence-electron chi connectivity index (χ3n) is 4.22. The summed E-state index contributed by atoms with van der Waals surface area (Å²) in [7, 11) is 3.58. The summed E-state index contributed by atoms with van der Waals surface area (Å²) in [5.41, 5.74) is -0.0565. The van der Waals surface area contributed by atoms with Crippen LogP contribution >= 0.6 is 0 Å². The molecular weight excluding hydrogens is 257 g/mol. The van der Waals surface area contributed by atoms with Crippen molar-refractivity contribution in [3.05, 3.63) is 35.8 Å². The van der Waals surface area contributed by atoms with Crippen LogP contribution in [0.4, 0.5) is 4.39 Å². The smallest absolute Gasteiger partial charge is 0.169 e. The van der Waals surface area contributed by atoms with Crippen LogP contribution in [-0.2, 0) is 4.74 Å². The van der Waals surface area contributed by atoms with E-state index in [1.54, 1.807) is 13.2 Å². The van der Waals surface area contributed by atoms with Crippen LogP contribution in [0.25, 0.3) is 11.0 Å². The highest BCUT2D eigenvalue weighted by atomic mass is 19.1. The highest BCUT2D eigenvalue weighted by Gasteiger charge is 2.38. The summed E-state index contributed by atoms with van der Waals surface area (Å²) >= 11 is 0. The lowest BCUT2D eigenvalue weighted by atomic mass is 9.86. The Labute approximate surface area is 119 Å². The largest absolute Gasteiger partial charge is 0.456 e. The number of benzene rings is 1. The number of furan rings is 1. The molecule has 1 unspecified atom stereocenters. The number of halogens is 1. The van der Waals surface area contributed by atoms with E-state index >= 15 is 0 Å². The SMILES string of the molecule is CCC(CC)(OC)C(NC)c1cc2cccc(F)c2o1.